The molecule has 0 atom stereocenters. The van der Waals surface area contributed by atoms with E-state index in [2.05, 4.69) is 18.2 Å². The fourth-order valence-electron chi connectivity index (χ4n) is 0.538. The highest BCUT2D eigenvalue weighted by Crippen LogP contribution is 2.22. The van der Waals surface area contributed by atoms with Gasteiger partial charge in [-0.15, -0.1) is 0 Å². The van der Waals surface area contributed by atoms with Crippen molar-refractivity contribution >= 4 is 23.1 Å². The molecule has 0 amide bonds. The van der Waals surface area contributed by atoms with Crippen molar-refractivity contribution in [2.75, 3.05) is 0 Å². The van der Waals surface area contributed by atoms with E-state index in [4.69, 9.17) is 11.6 Å². The Kier molecular flexibility index (Phi) is 2.09. The SMILES string of the molecule is CC(C)c1cc(Cl)ns1. The van der Waals surface area contributed by atoms with Gasteiger partial charge in [0.15, 0.2) is 0 Å². The Hall–Kier alpha value is -0.0800. The Morgan fingerprint density at radius 1 is 1.67 bits per heavy atom. The molecule has 0 radical (unpaired) electrons. The summed E-state index contributed by atoms with van der Waals surface area (Å²) in [5.74, 6) is 0.551. The van der Waals surface area contributed by atoms with Crippen LogP contribution in [-0.4, -0.2) is 4.37 Å². The van der Waals surface area contributed by atoms with Crippen molar-refractivity contribution in [1.29, 1.82) is 0 Å². The summed E-state index contributed by atoms with van der Waals surface area (Å²) < 4.78 is 3.94. The van der Waals surface area contributed by atoms with Gasteiger partial charge in [-0.2, -0.15) is 4.37 Å². The molecule has 3 heteroatoms. The summed E-state index contributed by atoms with van der Waals surface area (Å²) in [7, 11) is 0. The molecule has 0 bridgehead atoms. The van der Waals surface area contributed by atoms with E-state index >= 15 is 0 Å². The quantitative estimate of drug-likeness (QED) is 0.617. The lowest BCUT2D eigenvalue weighted by atomic mass is 10.2. The molecule has 0 aromatic carbocycles. The Balaban J connectivity index is 2.85. The van der Waals surface area contributed by atoms with Crippen molar-refractivity contribution in [2.45, 2.75) is 19.8 Å². The molecule has 0 aliphatic heterocycles. The normalized spacial score (nSPS) is 10.7. The molecule has 0 spiro atoms. The van der Waals surface area contributed by atoms with Gasteiger partial charge in [-0.3, -0.25) is 0 Å². The Labute approximate surface area is 63.8 Å². The predicted molar refractivity (Wildman–Crippen MR) is 41.2 cm³/mol. The van der Waals surface area contributed by atoms with Crippen LogP contribution in [0.2, 0.25) is 5.15 Å². The molecule has 0 unspecified atom stereocenters. The first-order valence-electron chi connectivity index (χ1n) is 2.82. The zero-order valence-corrected chi connectivity index (χ0v) is 6.96. The molecule has 0 N–H and O–H groups in total. The zero-order valence-electron chi connectivity index (χ0n) is 5.39. The highest BCUT2D eigenvalue weighted by Gasteiger charge is 2.02. The van der Waals surface area contributed by atoms with Crippen molar-refractivity contribution in [3.05, 3.63) is 16.1 Å². The van der Waals surface area contributed by atoms with E-state index in [0.29, 0.717) is 11.1 Å². The van der Waals surface area contributed by atoms with E-state index in [0.717, 1.165) is 0 Å². The van der Waals surface area contributed by atoms with Gasteiger partial charge in [-0.25, -0.2) is 0 Å². The maximum atomic E-state index is 5.60. The lowest BCUT2D eigenvalue weighted by Gasteiger charge is -1.94. The average molecular weight is 162 g/mol. The standard InChI is InChI=1S/C6H8ClNS/c1-4(2)5-3-6(7)8-9-5/h3-4H,1-2H3. The van der Waals surface area contributed by atoms with Crippen LogP contribution in [0.15, 0.2) is 6.07 Å². The molecule has 1 aromatic heterocycles. The molecular weight excluding hydrogens is 154 g/mol. The van der Waals surface area contributed by atoms with Gasteiger partial charge in [-0.1, -0.05) is 25.4 Å². The van der Waals surface area contributed by atoms with E-state index in [1.165, 1.54) is 16.4 Å². The van der Waals surface area contributed by atoms with Crippen LogP contribution < -0.4 is 0 Å². The number of halogens is 1. The van der Waals surface area contributed by atoms with Crippen LogP contribution in [0.5, 0.6) is 0 Å². The minimum atomic E-state index is 0.551. The monoisotopic (exact) mass is 161 g/mol. The van der Waals surface area contributed by atoms with Gasteiger partial charge in [-0.05, 0) is 23.5 Å². The molecule has 0 saturated carbocycles. The smallest absolute Gasteiger partial charge is 0.143 e. The topological polar surface area (TPSA) is 12.9 Å². The maximum absolute atomic E-state index is 5.60. The van der Waals surface area contributed by atoms with Crippen molar-refractivity contribution in [3.63, 3.8) is 0 Å². The number of hydrogen-bond acceptors (Lipinski definition) is 2. The summed E-state index contributed by atoms with van der Waals surface area (Å²) >= 11 is 7.08. The number of hydrogen-bond donors (Lipinski definition) is 0. The minimum absolute atomic E-state index is 0.551. The Bertz CT molecular complexity index is 195. The average Bonchev–Trinajstić information content (AvgIpc) is 2.14. The van der Waals surface area contributed by atoms with Crippen LogP contribution in [0, 0.1) is 0 Å². The van der Waals surface area contributed by atoms with E-state index < -0.39 is 0 Å². The number of nitrogens with zero attached hydrogens (tertiary/aromatic N) is 1. The van der Waals surface area contributed by atoms with Gasteiger partial charge in [0.1, 0.15) is 5.15 Å². The third-order valence-corrected chi connectivity index (χ3v) is 2.45. The van der Waals surface area contributed by atoms with Crippen LogP contribution in [0.3, 0.4) is 0 Å². The van der Waals surface area contributed by atoms with Crippen molar-refractivity contribution in [1.82, 2.24) is 4.37 Å². The highest BCUT2D eigenvalue weighted by molar-refractivity contribution is 7.06. The van der Waals surface area contributed by atoms with Crippen molar-refractivity contribution < 1.29 is 0 Å². The predicted octanol–water partition coefficient (Wildman–Crippen LogP) is 2.92. The Morgan fingerprint density at radius 3 is 2.56 bits per heavy atom. The minimum Gasteiger partial charge on any atom is -0.181 e. The lowest BCUT2D eigenvalue weighted by Crippen LogP contribution is -1.77. The number of rotatable bonds is 1. The van der Waals surface area contributed by atoms with E-state index in [9.17, 15) is 0 Å². The fourth-order valence-corrected chi connectivity index (χ4v) is 1.44. The van der Waals surface area contributed by atoms with E-state index in [1.54, 1.807) is 0 Å². The van der Waals surface area contributed by atoms with Crippen molar-refractivity contribution in [2.24, 2.45) is 0 Å². The third-order valence-electron chi connectivity index (χ3n) is 1.07. The third kappa shape index (κ3) is 1.66. The van der Waals surface area contributed by atoms with Crippen LogP contribution in [0.25, 0.3) is 0 Å². The molecule has 1 nitrogen and oxygen atoms in total. The molecule has 50 valence electrons. The van der Waals surface area contributed by atoms with Crippen LogP contribution in [0.4, 0.5) is 0 Å². The van der Waals surface area contributed by atoms with Crippen LogP contribution >= 0.6 is 23.1 Å². The van der Waals surface area contributed by atoms with E-state index in [1.807, 2.05) is 6.07 Å². The van der Waals surface area contributed by atoms with Gasteiger partial charge in [0, 0.05) is 4.88 Å². The summed E-state index contributed by atoms with van der Waals surface area (Å²) in [6, 6.07) is 1.91. The van der Waals surface area contributed by atoms with E-state index in [-0.39, 0.29) is 0 Å². The maximum Gasteiger partial charge on any atom is 0.143 e. The molecule has 0 fully saturated rings. The van der Waals surface area contributed by atoms with Crippen molar-refractivity contribution in [3.8, 4) is 0 Å². The molecule has 0 saturated heterocycles. The highest BCUT2D eigenvalue weighted by atomic mass is 35.5. The van der Waals surface area contributed by atoms with Gasteiger partial charge in [0.2, 0.25) is 0 Å². The zero-order chi connectivity index (χ0) is 6.85. The second kappa shape index (κ2) is 2.67. The first-order valence-corrected chi connectivity index (χ1v) is 3.97. The molecule has 1 aromatic rings. The van der Waals surface area contributed by atoms with Crippen LogP contribution in [0.1, 0.15) is 24.6 Å². The largest absolute Gasteiger partial charge is 0.181 e. The fraction of sp³-hybridized carbons (Fsp3) is 0.500. The summed E-state index contributed by atoms with van der Waals surface area (Å²) in [5, 5.41) is 0.615. The number of aromatic nitrogens is 1. The summed E-state index contributed by atoms with van der Waals surface area (Å²) in [6.07, 6.45) is 0. The molecule has 9 heavy (non-hydrogen) atoms. The Morgan fingerprint density at radius 2 is 2.33 bits per heavy atom. The van der Waals surface area contributed by atoms with Gasteiger partial charge < -0.3 is 0 Å². The summed E-state index contributed by atoms with van der Waals surface area (Å²) in [4.78, 5) is 1.25. The van der Waals surface area contributed by atoms with Gasteiger partial charge in [0.25, 0.3) is 0 Å². The molecular formula is C6H8ClNS. The van der Waals surface area contributed by atoms with Gasteiger partial charge in [0.05, 0.1) is 0 Å². The summed E-state index contributed by atoms with van der Waals surface area (Å²) in [6.45, 7) is 4.26. The summed E-state index contributed by atoms with van der Waals surface area (Å²) in [5.41, 5.74) is 0. The first kappa shape index (κ1) is 7.03. The molecule has 1 rings (SSSR count). The van der Waals surface area contributed by atoms with Crippen LogP contribution in [-0.2, 0) is 0 Å². The van der Waals surface area contributed by atoms with Gasteiger partial charge >= 0.3 is 0 Å². The second-order valence-corrected chi connectivity index (χ2v) is 3.43. The first-order chi connectivity index (χ1) is 4.20. The molecule has 1 heterocycles. The second-order valence-electron chi connectivity index (χ2n) is 2.21. The lowest BCUT2D eigenvalue weighted by molar-refractivity contribution is 0.890. The molecule has 0 aliphatic carbocycles. The molecule has 0 aliphatic rings.